The number of amides is 2. The summed E-state index contributed by atoms with van der Waals surface area (Å²) >= 11 is 0. The number of hydrogen-bond acceptors (Lipinski definition) is 4. The molecule has 3 rings (SSSR count). The quantitative estimate of drug-likeness (QED) is 0.787. The third-order valence-corrected chi connectivity index (χ3v) is 4.17. The maximum absolute atomic E-state index is 12.5. The van der Waals surface area contributed by atoms with Crippen molar-refractivity contribution in [2.24, 2.45) is 0 Å². The van der Waals surface area contributed by atoms with Gasteiger partial charge in [-0.15, -0.1) is 0 Å². The molecule has 1 unspecified atom stereocenters. The fraction of sp³-hybridized carbons (Fsp3) is 0.250. The molecule has 1 atom stereocenters. The Balaban J connectivity index is 1.64. The molecular formula is C20H19NO4. The summed E-state index contributed by atoms with van der Waals surface area (Å²) in [4.78, 5) is 38.0. The van der Waals surface area contributed by atoms with E-state index in [0.29, 0.717) is 6.42 Å². The van der Waals surface area contributed by atoms with Crippen LogP contribution in [0.1, 0.15) is 24.0 Å². The second-order valence-corrected chi connectivity index (χ2v) is 5.97. The Bertz CT molecular complexity index is 758. The predicted octanol–water partition coefficient (Wildman–Crippen LogP) is 2.49. The first kappa shape index (κ1) is 16.9. The van der Waals surface area contributed by atoms with E-state index in [0.717, 1.165) is 16.0 Å². The molecule has 0 radical (unpaired) electrons. The lowest BCUT2D eigenvalue weighted by molar-refractivity contribution is -0.158. The number of esters is 1. The van der Waals surface area contributed by atoms with Gasteiger partial charge >= 0.3 is 5.97 Å². The Kier molecular flexibility index (Phi) is 5.23. The molecular weight excluding hydrogens is 318 g/mol. The highest BCUT2D eigenvalue weighted by Crippen LogP contribution is 2.22. The molecule has 2 aromatic carbocycles. The van der Waals surface area contributed by atoms with Crippen LogP contribution in [0.25, 0.3) is 0 Å². The number of rotatable bonds is 5. The Labute approximate surface area is 146 Å². The molecule has 5 nitrogen and oxygen atoms in total. The number of nitrogens with zero attached hydrogens (tertiary/aromatic N) is 1. The number of carbonyl (C=O) groups excluding carboxylic acids is 3. The zero-order valence-electron chi connectivity index (χ0n) is 13.8. The zero-order chi connectivity index (χ0) is 17.6. The van der Waals surface area contributed by atoms with E-state index >= 15 is 0 Å². The Morgan fingerprint density at radius 2 is 1.56 bits per heavy atom. The van der Waals surface area contributed by atoms with Crippen molar-refractivity contribution in [3.63, 3.8) is 0 Å². The first-order valence-corrected chi connectivity index (χ1v) is 8.24. The van der Waals surface area contributed by atoms with Crippen LogP contribution in [0.2, 0.25) is 0 Å². The Morgan fingerprint density at radius 1 is 0.960 bits per heavy atom. The van der Waals surface area contributed by atoms with Crippen LogP contribution in [-0.2, 0) is 32.1 Å². The third-order valence-electron chi connectivity index (χ3n) is 4.17. The average molecular weight is 337 g/mol. The summed E-state index contributed by atoms with van der Waals surface area (Å²) in [6.07, 6.45) is 0.591. The summed E-state index contributed by atoms with van der Waals surface area (Å²) in [5.41, 5.74) is 1.67. The van der Waals surface area contributed by atoms with Crippen LogP contribution in [0, 0.1) is 0 Å². The van der Waals surface area contributed by atoms with Gasteiger partial charge in [-0.05, 0) is 17.5 Å². The van der Waals surface area contributed by atoms with E-state index in [4.69, 9.17) is 4.74 Å². The molecule has 0 spiro atoms. The molecule has 0 bridgehead atoms. The van der Waals surface area contributed by atoms with Crippen molar-refractivity contribution < 1.29 is 19.1 Å². The van der Waals surface area contributed by atoms with Crippen molar-refractivity contribution >= 4 is 17.8 Å². The summed E-state index contributed by atoms with van der Waals surface area (Å²) in [6, 6.07) is 17.6. The van der Waals surface area contributed by atoms with Crippen LogP contribution >= 0.6 is 0 Å². The van der Waals surface area contributed by atoms with Gasteiger partial charge < -0.3 is 4.74 Å². The lowest BCUT2D eigenvalue weighted by Crippen LogP contribution is -2.44. The molecule has 2 aromatic rings. The molecule has 0 aromatic heterocycles. The molecule has 25 heavy (non-hydrogen) atoms. The highest BCUT2D eigenvalue weighted by atomic mass is 16.5. The minimum absolute atomic E-state index is 0.0923. The van der Waals surface area contributed by atoms with Crippen LogP contribution in [0.3, 0.4) is 0 Å². The minimum atomic E-state index is -0.826. The van der Waals surface area contributed by atoms with Gasteiger partial charge in [0.05, 0.1) is 6.42 Å². The van der Waals surface area contributed by atoms with E-state index in [1.165, 1.54) is 0 Å². The monoisotopic (exact) mass is 337 g/mol. The van der Waals surface area contributed by atoms with Gasteiger partial charge in [0.25, 0.3) is 0 Å². The molecule has 1 heterocycles. The second kappa shape index (κ2) is 7.75. The highest BCUT2D eigenvalue weighted by Gasteiger charge is 2.40. The van der Waals surface area contributed by atoms with Crippen LogP contribution in [0.15, 0.2) is 60.7 Å². The number of likely N-dealkylation sites (tertiary alicyclic amines) is 1. The van der Waals surface area contributed by atoms with Gasteiger partial charge in [0.2, 0.25) is 11.8 Å². The summed E-state index contributed by atoms with van der Waals surface area (Å²) in [5.74, 6) is -1.21. The maximum Gasteiger partial charge on any atom is 0.329 e. The topological polar surface area (TPSA) is 63.7 Å². The van der Waals surface area contributed by atoms with Crippen molar-refractivity contribution in [2.45, 2.75) is 31.9 Å². The van der Waals surface area contributed by atoms with E-state index in [-0.39, 0.29) is 31.3 Å². The normalized spacial score (nSPS) is 16.7. The third kappa shape index (κ3) is 4.12. The van der Waals surface area contributed by atoms with E-state index in [1.807, 2.05) is 60.7 Å². The van der Waals surface area contributed by atoms with Crippen molar-refractivity contribution in [3.05, 3.63) is 71.8 Å². The SMILES string of the molecule is O=C(OCc1ccccc1)C1CCC(=O)N1C(=O)Cc1ccccc1. The predicted molar refractivity (Wildman–Crippen MR) is 91.3 cm³/mol. The molecule has 5 heteroatoms. The molecule has 1 saturated heterocycles. The number of benzene rings is 2. The summed E-state index contributed by atoms with van der Waals surface area (Å²) in [7, 11) is 0. The van der Waals surface area contributed by atoms with Crippen molar-refractivity contribution in [3.8, 4) is 0 Å². The largest absolute Gasteiger partial charge is 0.459 e. The van der Waals surface area contributed by atoms with Gasteiger partial charge in [-0.25, -0.2) is 4.79 Å². The zero-order valence-corrected chi connectivity index (χ0v) is 13.8. The van der Waals surface area contributed by atoms with Gasteiger partial charge in [-0.1, -0.05) is 60.7 Å². The highest BCUT2D eigenvalue weighted by molar-refractivity contribution is 6.02. The summed E-state index contributed by atoms with van der Waals surface area (Å²) in [6.45, 7) is 0.130. The van der Waals surface area contributed by atoms with Crippen LogP contribution in [0.5, 0.6) is 0 Å². The average Bonchev–Trinajstić information content (AvgIpc) is 3.03. The summed E-state index contributed by atoms with van der Waals surface area (Å²) in [5, 5.41) is 0. The molecule has 128 valence electrons. The fourth-order valence-corrected chi connectivity index (χ4v) is 2.90. The molecule has 0 saturated carbocycles. The summed E-state index contributed by atoms with van der Waals surface area (Å²) < 4.78 is 5.31. The number of carbonyl (C=O) groups is 3. The van der Waals surface area contributed by atoms with Crippen molar-refractivity contribution in [1.82, 2.24) is 4.90 Å². The van der Waals surface area contributed by atoms with Gasteiger partial charge in [-0.3, -0.25) is 14.5 Å². The van der Waals surface area contributed by atoms with E-state index in [9.17, 15) is 14.4 Å². The van der Waals surface area contributed by atoms with Crippen LogP contribution < -0.4 is 0 Å². The van der Waals surface area contributed by atoms with Crippen LogP contribution in [0.4, 0.5) is 0 Å². The lowest BCUT2D eigenvalue weighted by atomic mass is 10.1. The molecule has 1 aliphatic heterocycles. The molecule has 2 amide bonds. The van der Waals surface area contributed by atoms with Gasteiger partial charge in [0.15, 0.2) is 0 Å². The van der Waals surface area contributed by atoms with Crippen LogP contribution in [-0.4, -0.2) is 28.7 Å². The smallest absolute Gasteiger partial charge is 0.329 e. The lowest BCUT2D eigenvalue weighted by Gasteiger charge is -2.21. The van der Waals surface area contributed by atoms with Crippen molar-refractivity contribution in [1.29, 1.82) is 0 Å². The standard InChI is InChI=1S/C20H19NO4/c22-18-12-11-17(20(24)25-14-16-9-5-2-6-10-16)21(18)19(23)13-15-7-3-1-4-8-15/h1-10,17H,11-14H2. The Morgan fingerprint density at radius 3 is 2.20 bits per heavy atom. The first-order valence-electron chi connectivity index (χ1n) is 8.24. The minimum Gasteiger partial charge on any atom is -0.459 e. The molecule has 1 fully saturated rings. The number of hydrogen-bond donors (Lipinski definition) is 0. The maximum atomic E-state index is 12.5. The molecule has 1 aliphatic rings. The van der Waals surface area contributed by atoms with Gasteiger partial charge in [0.1, 0.15) is 12.6 Å². The number of imide groups is 1. The first-order chi connectivity index (χ1) is 12.1. The van der Waals surface area contributed by atoms with E-state index in [1.54, 1.807) is 0 Å². The van der Waals surface area contributed by atoms with E-state index in [2.05, 4.69) is 0 Å². The second-order valence-electron chi connectivity index (χ2n) is 5.97. The van der Waals surface area contributed by atoms with E-state index < -0.39 is 12.0 Å². The number of ether oxygens (including phenoxy) is 1. The molecule has 0 N–H and O–H groups in total. The van der Waals surface area contributed by atoms with Gasteiger partial charge in [0, 0.05) is 6.42 Å². The Hall–Kier alpha value is -2.95. The van der Waals surface area contributed by atoms with Crippen molar-refractivity contribution in [2.75, 3.05) is 0 Å². The molecule has 0 aliphatic carbocycles. The fourth-order valence-electron chi connectivity index (χ4n) is 2.90. The van der Waals surface area contributed by atoms with Gasteiger partial charge in [-0.2, -0.15) is 0 Å².